The van der Waals surface area contributed by atoms with Gasteiger partial charge in [-0.15, -0.1) is 0 Å². The molecule has 4 saturated carbocycles. The van der Waals surface area contributed by atoms with Gasteiger partial charge in [0.05, 0.1) is 37.4 Å². The summed E-state index contributed by atoms with van der Waals surface area (Å²) in [5.41, 5.74) is -0.791. The number of hydrogen-bond acceptors (Lipinski definition) is 16. The lowest BCUT2D eigenvalue weighted by Gasteiger charge is -2.71. The third-order valence-corrected chi connectivity index (χ3v) is 18.5. The highest BCUT2D eigenvalue weighted by Gasteiger charge is 2.70. The molecule has 0 unspecified atom stereocenters. The molecule has 7 fully saturated rings. The number of carbonyl (C=O) groups is 1. The second-order valence-electron chi connectivity index (χ2n) is 22.7. The van der Waals surface area contributed by atoms with E-state index in [4.69, 9.17) is 28.4 Å². The fourth-order valence-electron chi connectivity index (χ4n) is 14.7. The summed E-state index contributed by atoms with van der Waals surface area (Å²) < 4.78 is 35.5. The van der Waals surface area contributed by atoms with Gasteiger partial charge in [0, 0.05) is 0 Å². The van der Waals surface area contributed by atoms with Gasteiger partial charge in [0.2, 0.25) is 0 Å². The smallest absolute Gasteiger partial charge is 0.310 e. The fourth-order valence-corrected chi connectivity index (χ4v) is 14.7. The number of carboxylic acid groups (broad SMARTS) is 1. The van der Waals surface area contributed by atoms with E-state index in [0.717, 1.165) is 38.5 Å². The lowest BCUT2D eigenvalue weighted by atomic mass is 9.33. The zero-order valence-electron chi connectivity index (χ0n) is 37.8. The Balaban J connectivity index is 1.02. The Hall–Kier alpha value is -1.39. The Morgan fingerprint density at radius 3 is 1.98 bits per heavy atom. The summed E-state index contributed by atoms with van der Waals surface area (Å²) in [6.07, 6.45) is -13.4. The van der Waals surface area contributed by atoms with Crippen molar-refractivity contribution in [1.29, 1.82) is 0 Å². The number of rotatable bonds is 8. The topological polar surface area (TPSA) is 275 Å². The maximum Gasteiger partial charge on any atom is 0.310 e. The molecule has 360 valence electrons. The molecule has 5 aliphatic carbocycles. The maximum atomic E-state index is 13.1. The van der Waals surface area contributed by atoms with Gasteiger partial charge in [0.25, 0.3) is 0 Å². The normalized spacial score (nSPS) is 54.1. The van der Waals surface area contributed by atoms with Crippen LogP contribution in [0.3, 0.4) is 0 Å². The van der Waals surface area contributed by atoms with Crippen LogP contribution in [0, 0.1) is 50.2 Å². The predicted molar refractivity (Wildman–Crippen MR) is 220 cm³/mol. The van der Waals surface area contributed by atoms with Crippen LogP contribution < -0.4 is 0 Å². The molecule has 8 aliphatic rings. The average molecular weight is 899 g/mol. The maximum absolute atomic E-state index is 13.1. The predicted octanol–water partition coefficient (Wildman–Crippen LogP) is 0.955. The van der Waals surface area contributed by atoms with Gasteiger partial charge in [-0.2, -0.15) is 0 Å². The third kappa shape index (κ3) is 7.50. The van der Waals surface area contributed by atoms with Crippen LogP contribution in [0.15, 0.2) is 11.6 Å². The van der Waals surface area contributed by atoms with Crippen LogP contribution in [-0.2, 0) is 33.2 Å². The minimum Gasteiger partial charge on any atom is -0.481 e. The summed E-state index contributed by atoms with van der Waals surface area (Å²) in [6, 6.07) is 0. The summed E-state index contributed by atoms with van der Waals surface area (Å²) in [4.78, 5) is 13.1. The number of carboxylic acids is 1. The van der Waals surface area contributed by atoms with Crippen molar-refractivity contribution in [2.75, 3.05) is 19.8 Å². The van der Waals surface area contributed by atoms with E-state index in [1.165, 1.54) is 5.57 Å². The first kappa shape index (κ1) is 48.1. The van der Waals surface area contributed by atoms with E-state index >= 15 is 0 Å². The van der Waals surface area contributed by atoms with Gasteiger partial charge in [0.15, 0.2) is 18.9 Å². The molecule has 0 aromatic heterocycles. The standard InChI is InChI=1S/C46H74O17/c1-41(2)12-14-46(40(56)57)15-13-44(6)21(22(46)16-41)8-9-28-43(5)17-23(48)36(42(3,4)27(43)10-11-45(28,44)7)63-38-33(55)34(31(53)26(18-47)60-38)61-39-35(30(52)25(50)20-59-39)62-37-32(54)29(51)24(49)19-58-37/h8,22-39,47-55H,9-20H2,1-7H3,(H,56,57)/t22-,23+,24-,25-,26+,27-,28+,29-,30-,31+,32+,33+,34-,35+,36-,37-,38-,39-,43-,44+,45+,46-/m0/s1. The summed E-state index contributed by atoms with van der Waals surface area (Å²) in [6.45, 7) is 14.2. The van der Waals surface area contributed by atoms with Crippen molar-refractivity contribution in [3.63, 3.8) is 0 Å². The summed E-state index contributed by atoms with van der Waals surface area (Å²) in [5, 5.41) is 109. The van der Waals surface area contributed by atoms with Gasteiger partial charge in [-0.3, -0.25) is 4.79 Å². The van der Waals surface area contributed by atoms with Gasteiger partial charge in [0.1, 0.15) is 61.0 Å². The van der Waals surface area contributed by atoms with Crippen molar-refractivity contribution >= 4 is 5.97 Å². The van der Waals surface area contributed by atoms with E-state index in [0.29, 0.717) is 19.3 Å². The molecule has 0 radical (unpaired) electrons. The molecule has 0 aromatic carbocycles. The van der Waals surface area contributed by atoms with E-state index in [-0.39, 0.29) is 39.4 Å². The van der Waals surface area contributed by atoms with Crippen LogP contribution in [0.2, 0.25) is 0 Å². The number of allylic oxidation sites excluding steroid dienone is 2. The molecular weight excluding hydrogens is 824 g/mol. The second kappa shape index (κ2) is 16.7. The Kier molecular flexibility index (Phi) is 12.7. The zero-order chi connectivity index (χ0) is 46.0. The molecule has 0 bridgehead atoms. The SMILES string of the molecule is CC1(C)CC[C@]2(C(=O)O)CC[C@]3(C)C(=CC[C@@H]4[C@@]5(C)C[C@@H](O)[C@H](O[C@@H]6O[C@H](CO)[C@@H](O)[C@H](O[C@@H]7OC[C@H](O)[C@H](O)[C@H]7O[C@@H]7OC[C@H](O)[C@H](O)[C@H]7O)[C@H]6O)C(C)(C)[C@@H]5CC[C@]43C)[C@@H]2C1. The van der Waals surface area contributed by atoms with E-state index < -0.39 is 129 Å². The van der Waals surface area contributed by atoms with Crippen LogP contribution in [-0.4, -0.2) is 169 Å². The summed E-state index contributed by atoms with van der Waals surface area (Å²) in [5.74, 6) is -0.464. The van der Waals surface area contributed by atoms with Crippen LogP contribution >= 0.6 is 0 Å². The monoisotopic (exact) mass is 898 g/mol. The molecule has 0 aromatic rings. The van der Waals surface area contributed by atoms with Crippen LogP contribution in [0.5, 0.6) is 0 Å². The molecular formula is C46H74O17. The Morgan fingerprint density at radius 2 is 1.32 bits per heavy atom. The fraction of sp³-hybridized carbons (Fsp3) is 0.935. The van der Waals surface area contributed by atoms with Gasteiger partial charge < -0.3 is 79.5 Å². The van der Waals surface area contributed by atoms with Gasteiger partial charge in [-0.1, -0.05) is 60.1 Å². The highest BCUT2D eigenvalue weighted by molar-refractivity contribution is 5.76. The van der Waals surface area contributed by atoms with Crippen LogP contribution in [0.1, 0.15) is 106 Å². The number of aliphatic carboxylic acids is 1. The van der Waals surface area contributed by atoms with Crippen molar-refractivity contribution in [3.05, 3.63) is 11.6 Å². The van der Waals surface area contributed by atoms with Crippen molar-refractivity contribution in [3.8, 4) is 0 Å². The van der Waals surface area contributed by atoms with Crippen molar-refractivity contribution in [2.45, 2.75) is 198 Å². The molecule has 3 heterocycles. The molecule has 22 atom stereocenters. The third-order valence-electron chi connectivity index (χ3n) is 18.5. The molecule has 63 heavy (non-hydrogen) atoms. The molecule has 10 N–H and O–H groups in total. The molecule has 17 heteroatoms. The van der Waals surface area contributed by atoms with E-state index in [2.05, 4.69) is 54.5 Å². The second-order valence-corrected chi connectivity index (χ2v) is 22.7. The highest BCUT2D eigenvalue weighted by Crippen LogP contribution is 2.76. The molecule has 3 saturated heterocycles. The quantitative estimate of drug-likeness (QED) is 0.120. The minimum absolute atomic E-state index is 0.0227. The van der Waals surface area contributed by atoms with Crippen LogP contribution in [0.25, 0.3) is 0 Å². The molecule has 8 rings (SSSR count). The van der Waals surface area contributed by atoms with Gasteiger partial charge in [-0.05, 0) is 103 Å². The van der Waals surface area contributed by atoms with E-state index in [9.17, 15) is 55.9 Å². The molecule has 17 nitrogen and oxygen atoms in total. The number of hydrogen-bond donors (Lipinski definition) is 10. The number of ether oxygens (including phenoxy) is 6. The van der Waals surface area contributed by atoms with Crippen molar-refractivity contribution in [1.82, 2.24) is 0 Å². The van der Waals surface area contributed by atoms with E-state index in [1.54, 1.807) is 0 Å². The minimum atomic E-state index is -1.76. The van der Waals surface area contributed by atoms with E-state index in [1.807, 2.05) is 0 Å². The lowest BCUT2D eigenvalue weighted by Crippen LogP contribution is -2.69. The average Bonchev–Trinajstić information content (AvgIpc) is 3.21. The van der Waals surface area contributed by atoms with Gasteiger partial charge in [-0.25, -0.2) is 0 Å². The van der Waals surface area contributed by atoms with Crippen molar-refractivity contribution < 1.29 is 84.3 Å². The summed E-state index contributed by atoms with van der Waals surface area (Å²) in [7, 11) is 0. The molecule has 3 aliphatic heterocycles. The summed E-state index contributed by atoms with van der Waals surface area (Å²) >= 11 is 0. The van der Waals surface area contributed by atoms with Crippen LogP contribution in [0.4, 0.5) is 0 Å². The van der Waals surface area contributed by atoms with Gasteiger partial charge >= 0.3 is 5.97 Å². The first-order chi connectivity index (χ1) is 29.4. The first-order valence-corrected chi connectivity index (χ1v) is 23.2. The number of aliphatic hydroxyl groups is 9. The molecule has 0 spiro atoms. The zero-order valence-corrected chi connectivity index (χ0v) is 37.8. The van der Waals surface area contributed by atoms with Crippen molar-refractivity contribution in [2.24, 2.45) is 50.2 Å². The lowest BCUT2D eigenvalue weighted by molar-refractivity contribution is -0.381. The number of fused-ring (bicyclic) bond motifs is 7. The largest absolute Gasteiger partial charge is 0.481 e. The first-order valence-electron chi connectivity index (χ1n) is 23.2. The Bertz CT molecular complexity index is 1730. The number of aliphatic hydroxyl groups excluding tert-OH is 9. The Labute approximate surface area is 369 Å². The highest BCUT2D eigenvalue weighted by atomic mass is 16.8. The molecule has 0 amide bonds. The Morgan fingerprint density at radius 1 is 0.683 bits per heavy atom.